The van der Waals surface area contributed by atoms with E-state index in [1.165, 1.54) is 18.2 Å². The maximum atomic E-state index is 13.5. The first-order valence-corrected chi connectivity index (χ1v) is 7.06. The van der Waals surface area contributed by atoms with Crippen LogP contribution in [0.1, 0.15) is 15.9 Å². The molecule has 1 N–H and O–H groups in total. The van der Waals surface area contributed by atoms with Crippen LogP contribution in [0.3, 0.4) is 0 Å². The van der Waals surface area contributed by atoms with Crippen LogP contribution in [-0.4, -0.2) is 5.91 Å². The second-order valence-electron chi connectivity index (χ2n) is 3.85. The van der Waals surface area contributed by atoms with Gasteiger partial charge < -0.3 is 5.32 Å². The van der Waals surface area contributed by atoms with E-state index >= 15 is 0 Å². The summed E-state index contributed by atoms with van der Waals surface area (Å²) < 4.78 is 14.8. The van der Waals surface area contributed by atoms with Gasteiger partial charge >= 0.3 is 0 Å². The van der Waals surface area contributed by atoms with Gasteiger partial charge in [-0.2, -0.15) is 5.26 Å². The summed E-state index contributed by atoms with van der Waals surface area (Å²) in [5, 5.41) is 11.5. The van der Waals surface area contributed by atoms with Crippen LogP contribution in [-0.2, 0) is 0 Å². The first-order valence-electron chi connectivity index (χ1n) is 5.48. The van der Waals surface area contributed by atoms with Crippen molar-refractivity contribution >= 4 is 43.5 Å². The smallest absolute Gasteiger partial charge is 0.256 e. The topological polar surface area (TPSA) is 52.9 Å². The average Bonchev–Trinajstić information content (AvgIpc) is 2.41. The van der Waals surface area contributed by atoms with Crippen molar-refractivity contribution in [1.29, 1.82) is 5.26 Å². The van der Waals surface area contributed by atoms with Crippen LogP contribution in [0.15, 0.2) is 45.3 Å². The van der Waals surface area contributed by atoms with Crippen LogP contribution in [0.2, 0.25) is 0 Å². The van der Waals surface area contributed by atoms with E-state index in [0.29, 0.717) is 10.0 Å². The van der Waals surface area contributed by atoms with Crippen molar-refractivity contribution in [2.45, 2.75) is 0 Å². The van der Waals surface area contributed by atoms with Crippen LogP contribution in [0.4, 0.5) is 10.1 Å². The Bertz CT molecular complexity index is 726. The molecular formula is C14H7Br2FN2O. The van der Waals surface area contributed by atoms with E-state index in [1.807, 2.05) is 0 Å². The molecule has 0 aliphatic rings. The number of carbonyl (C=O) groups excluding carboxylic acids is 1. The summed E-state index contributed by atoms with van der Waals surface area (Å²) in [4.78, 5) is 12.2. The Kier molecular flexibility index (Phi) is 4.53. The van der Waals surface area contributed by atoms with Gasteiger partial charge in [0, 0.05) is 8.95 Å². The Labute approximate surface area is 131 Å². The summed E-state index contributed by atoms with van der Waals surface area (Å²) in [5.74, 6) is -1.10. The first kappa shape index (κ1) is 14.7. The van der Waals surface area contributed by atoms with Crippen LogP contribution in [0.5, 0.6) is 0 Å². The number of anilines is 1. The number of carbonyl (C=O) groups is 1. The van der Waals surface area contributed by atoms with Gasteiger partial charge in [-0.3, -0.25) is 4.79 Å². The largest absolute Gasteiger partial charge is 0.321 e. The fraction of sp³-hybridized carbons (Fsp3) is 0. The molecular weight excluding hydrogens is 391 g/mol. The van der Waals surface area contributed by atoms with E-state index in [9.17, 15) is 9.18 Å². The summed E-state index contributed by atoms with van der Waals surface area (Å²) in [6.45, 7) is 0. The molecule has 0 atom stereocenters. The number of nitrogens with one attached hydrogen (secondary N) is 1. The molecule has 1 amide bonds. The van der Waals surface area contributed by atoms with Gasteiger partial charge in [0.25, 0.3) is 5.91 Å². The van der Waals surface area contributed by atoms with Gasteiger partial charge in [-0.05, 0) is 46.3 Å². The maximum Gasteiger partial charge on any atom is 0.256 e. The van der Waals surface area contributed by atoms with Gasteiger partial charge in [-0.1, -0.05) is 22.0 Å². The Morgan fingerprint density at radius 3 is 2.70 bits per heavy atom. The van der Waals surface area contributed by atoms with Crippen LogP contribution in [0, 0.1) is 17.1 Å². The molecule has 0 saturated carbocycles. The highest BCUT2D eigenvalue weighted by Gasteiger charge is 2.14. The zero-order valence-electron chi connectivity index (χ0n) is 9.95. The third-order valence-corrected chi connectivity index (χ3v) is 3.73. The minimum atomic E-state index is -0.668. The second-order valence-corrected chi connectivity index (χ2v) is 5.62. The number of nitriles is 1. The minimum absolute atomic E-state index is 0.143. The molecule has 0 radical (unpaired) electrons. The number of halogens is 3. The van der Waals surface area contributed by atoms with Crippen molar-refractivity contribution < 1.29 is 9.18 Å². The normalized spacial score (nSPS) is 9.90. The number of hydrogen-bond acceptors (Lipinski definition) is 2. The number of rotatable bonds is 2. The highest BCUT2D eigenvalue weighted by Crippen LogP contribution is 2.24. The maximum absolute atomic E-state index is 13.5. The Hall–Kier alpha value is -1.71. The lowest BCUT2D eigenvalue weighted by atomic mass is 10.1. The molecule has 0 aliphatic carbocycles. The molecule has 100 valence electrons. The van der Waals surface area contributed by atoms with Crippen LogP contribution in [0.25, 0.3) is 0 Å². The SMILES string of the molecule is N#Cc1c(F)cccc1NC(=O)c1cc(Br)ccc1Br. The molecule has 3 nitrogen and oxygen atoms in total. The van der Waals surface area contributed by atoms with Crippen molar-refractivity contribution in [2.75, 3.05) is 5.32 Å². The molecule has 0 saturated heterocycles. The van der Waals surface area contributed by atoms with E-state index in [1.54, 1.807) is 24.3 Å². The molecule has 0 unspecified atom stereocenters. The predicted octanol–water partition coefficient (Wildman–Crippen LogP) is 4.47. The van der Waals surface area contributed by atoms with E-state index in [4.69, 9.17) is 5.26 Å². The fourth-order valence-corrected chi connectivity index (χ4v) is 2.39. The zero-order chi connectivity index (χ0) is 14.7. The summed E-state index contributed by atoms with van der Waals surface area (Å²) in [7, 11) is 0. The number of hydrogen-bond donors (Lipinski definition) is 1. The van der Waals surface area contributed by atoms with Crippen molar-refractivity contribution in [3.63, 3.8) is 0 Å². The third-order valence-electron chi connectivity index (χ3n) is 2.55. The molecule has 0 aliphatic heterocycles. The quantitative estimate of drug-likeness (QED) is 0.812. The number of benzene rings is 2. The molecule has 2 aromatic carbocycles. The molecule has 6 heteroatoms. The van der Waals surface area contributed by atoms with Crippen molar-refractivity contribution in [1.82, 2.24) is 0 Å². The van der Waals surface area contributed by atoms with E-state index in [-0.39, 0.29) is 11.3 Å². The first-order chi connectivity index (χ1) is 9.52. The molecule has 20 heavy (non-hydrogen) atoms. The van der Waals surface area contributed by atoms with Crippen molar-refractivity contribution in [3.8, 4) is 6.07 Å². The van der Waals surface area contributed by atoms with Gasteiger partial charge in [-0.15, -0.1) is 0 Å². The van der Waals surface area contributed by atoms with Crippen LogP contribution < -0.4 is 5.32 Å². The lowest BCUT2D eigenvalue weighted by Gasteiger charge is -2.09. The molecule has 0 spiro atoms. The average molecular weight is 398 g/mol. The van der Waals surface area contributed by atoms with Gasteiger partial charge in [0.2, 0.25) is 0 Å². The number of nitrogens with zero attached hydrogens (tertiary/aromatic N) is 1. The van der Waals surface area contributed by atoms with E-state index in [0.717, 1.165) is 4.47 Å². The standard InChI is InChI=1S/C14H7Br2FN2O/c15-8-4-5-11(16)9(6-8)14(20)19-13-3-1-2-12(17)10(13)7-18/h1-6H,(H,19,20). The second kappa shape index (κ2) is 6.16. The molecule has 0 fully saturated rings. The highest BCUT2D eigenvalue weighted by molar-refractivity contribution is 9.11. The zero-order valence-corrected chi connectivity index (χ0v) is 13.1. The third kappa shape index (κ3) is 3.06. The Morgan fingerprint density at radius 2 is 2.00 bits per heavy atom. The van der Waals surface area contributed by atoms with Gasteiger partial charge in [0.1, 0.15) is 17.4 Å². The predicted molar refractivity (Wildman–Crippen MR) is 80.9 cm³/mol. The monoisotopic (exact) mass is 396 g/mol. The van der Waals surface area contributed by atoms with E-state index < -0.39 is 11.7 Å². The summed E-state index contributed by atoms with van der Waals surface area (Å²) >= 11 is 6.55. The molecule has 2 rings (SSSR count). The van der Waals surface area contributed by atoms with Crippen molar-refractivity contribution in [3.05, 3.63) is 62.3 Å². The molecule has 0 bridgehead atoms. The summed E-state index contributed by atoms with van der Waals surface area (Å²) in [6.07, 6.45) is 0. The van der Waals surface area contributed by atoms with Gasteiger partial charge in [-0.25, -0.2) is 4.39 Å². The molecule has 0 heterocycles. The lowest BCUT2D eigenvalue weighted by molar-refractivity contribution is 0.102. The van der Waals surface area contributed by atoms with Crippen molar-refractivity contribution in [2.24, 2.45) is 0 Å². The highest BCUT2D eigenvalue weighted by atomic mass is 79.9. The Balaban J connectivity index is 2.36. The fourth-order valence-electron chi connectivity index (χ4n) is 1.60. The van der Waals surface area contributed by atoms with E-state index in [2.05, 4.69) is 37.2 Å². The number of amides is 1. The molecule has 0 aromatic heterocycles. The van der Waals surface area contributed by atoms with Gasteiger partial charge in [0.05, 0.1) is 11.3 Å². The Morgan fingerprint density at radius 1 is 1.25 bits per heavy atom. The summed E-state index contributed by atoms with van der Waals surface area (Å²) in [5.41, 5.74) is 0.337. The summed E-state index contributed by atoms with van der Waals surface area (Å²) in [6, 6.07) is 10.9. The van der Waals surface area contributed by atoms with Gasteiger partial charge in [0.15, 0.2) is 0 Å². The van der Waals surface area contributed by atoms with Crippen LogP contribution >= 0.6 is 31.9 Å². The lowest BCUT2D eigenvalue weighted by Crippen LogP contribution is -2.14. The molecule has 2 aromatic rings. The minimum Gasteiger partial charge on any atom is -0.321 e.